The van der Waals surface area contributed by atoms with E-state index in [2.05, 4.69) is 20.9 Å². The van der Waals surface area contributed by atoms with Gasteiger partial charge in [-0.25, -0.2) is 0 Å². The first-order valence-corrected chi connectivity index (χ1v) is 6.18. The van der Waals surface area contributed by atoms with E-state index in [-0.39, 0.29) is 12.1 Å². The number of hydrogen-bond acceptors (Lipinski definition) is 4. The Hall–Kier alpha value is -0.750. The highest BCUT2D eigenvalue weighted by Gasteiger charge is 2.24. The van der Waals surface area contributed by atoms with Crippen molar-refractivity contribution >= 4 is 17.3 Å². The number of thiocarbonyl (C=S) groups is 1. The maximum absolute atomic E-state index is 8.90. The third-order valence-electron chi connectivity index (χ3n) is 2.00. The molecule has 0 aliphatic carbocycles. The predicted molar refractivity (Wildman–Crippen MR) is 74.1 cm³/mol. The van der Waals surface area contributed by atoms with E-state index in [1.54, 1.807) is 7.05 Å². The third-order valence-corrected chi connectivity index (χ3v) is 2.31. The van der Waals surface area contributed by atoms with Crippen LogP contribution in [-0.2, 0) is 0 Å². The summed E-state index contributed by atoms with van der Waals surface area (Å²) < 4.78 is 0. The first-order valence-electron chi connectivity index (χ1n) is 5.77. The lowest BCUT2D eigenvalue weighted by atomic mass is 10.1. The highest BCUT2D eigenvalue weighted by atomic mass is 32.1. The summed E-state index contributed by atoms with van der Waals surface area (Å²) in [5.41, 5.74) is -0.792. The largest absolute Gasteiger partial charge is 0.396 e. The molecule has 0 aliphatic rings. The molecule has 0 rings (SSSR count). The Kier molecular flexibility index (Phi) is 6.56. The molecule has 0 fully saturated rings. The van der Waals surface area contributed by atoms with E-state index < -0.39 is 5.66 Å². The predicted octanol–water partition coefficient (Wildman–Crippen LogP) is 1.82. The van der Waals surface area contributed by atoms with Gasteiger partial charge in [0.1, 0.15) is 5.66 Å². The van der Waals surface area contributed by atoms with E-state index >= 15 is 0 Å². The maximum Gasteiger partial charge on any atom is 0.167 e. The van der Waals surface area contributed by atoms with Crippen molar-refractivity contribution < 1.29 is 5.11 Å². The van der Waals surface area contributed by atoms with Crippen LogP contribution in [0.5, 0.6) is 0 Å². The number of rotatable bonds is 5. The van der Waals surface area contributed by atoms with Gasteiger partial charge in [0.05, 0.1) is 5.54 Å². The molecule has 1 atom stereocenters. The summed E-state index contributed by atoms with van der Waals surface area (Å²) in [6.45, 7) is 8.01. The molecular formula is C11H24N4OS. The SMILES string of the molecule is CNC(=S)NC(C)(CCCO)/N=N/C(C)(C)C. The van der Waals surface area contributed by atoms with Gasteiger partial charge in [-0.15, -0.1) is 0 Å². The standard InChI is InChI=1S/C11H24N4OS/c1-10(2,3)14-15-11(4,7-6-8-16)13-9(17)12-5/h16H,6-8H2,1-5H3,(H2,12,13,17)/b15-14+. The number of nitrogens with one attached hydrogen (secondary N) is 2. The van der Waals surface area contributed by atoms with Gasteiger partial charge in [-0.05, 0) is 52.8 Å². The molecule has 6 heteroatoms. The molecule has 0 spiro atoms. The summed E-state index contributed by atoms with van der Waals surface area (Å²) in [5.74, 6) is 0. The number of azo groups is 1. The zero-order chi connectivity index (χ0) is 13.5. The Morgan fingerprint density at radius 2 is 1.82 bits per heavy atom. The summed E-state index contributed by atoms with van der Waals surface area (Å²) in [5, 5.41) is 24.0. The monoisotopic (exact) mass is 260 g/mol. The lowest BCUT2D eigenvalue weighted by molar-refractivity contribution is 0.255. The molecule has 0 bridgehead atoms. The van der Waals surface area contributed by atoms with Gasteiger partial charge in [0.2, 0.25) is 0 Å². The molecule has 0 radical (unpaired) electrons. The van der Waals surface area contributed by atoms with Crippen molar-refractivity contribution in [1.82, 2.24) is 10.6 Å². The lowest BCUT2D eigenvalue weighted by Crippen LogP contribution is -2.48. The van der Waals surface area contributed by atoms with E-state index in [9.17, 15) is 0 Å². The Balaban J connectivity index is 4.71. The minimum Gasteiger partial charge on any atom is -0.396 e. The first kappa shape index (κ1) is 16.2. The summed E-state index contributed by atoms with van der Waals surface area (Å²) >= 11 is 5.08. The highest BCUT2D eigenvalue weighted by Crippen LogP contribution is 2.18. The van der Waals surface area contributed by atoms with E-state index in [0.717, 1.165) is 0 Å². The second kappa shape index (κ2) is 6.86. The van der Waals surface area contributed by atoms with Crippen LogP contribution in [0.2, 0.25) is 0 Å². The number of aliphatic hydroxyl groups is 1. The molecule has 0 saturated carbocycles. The van der Waals surface area contributed by atoms with Crippen molar-refractivity contribution in [3.63, 3.8) is 0 Å². The smallest absolute Gasteiger partial charge is 0.167 e. The van der Waals surface area contributed by atoms with E-state index in [0.29, 0.717) is 18.0 Å². The fourth-order valence-electron chi connectivity index (χ4n) is 1.13. The van der Waals surface area contributed by atoms with Crippen molar-refractivity contribution in [1.29, 1.82) is 0 Å². The molecular weight excluding hydrogens is 236 g/mol. The van der Waals surface area contributed by atoms with Crippen LogP contribution < -0.4 is 10.6 Å². The van der Waals surface area contributed by atoms with E-state index in [1.807, 2.05) is 27.7 Å². The second-order valence-corrected chi connectivity index (χ2v) is 5.58. The van der Waals surface area contributed by atoms with Gasteiger partial charge in [0.15, 0.2) is 5.11 Å². The van der Waals surface area contributed by atoms with Gasteiger partial charge in [-0.3, -0.25) is 0 Å². The van der Waals surface area contributed by atoms with E-state index in [4.69, 9.17) is 17.3 Å². The Morgan fingerprint density at radius 3 is 2.24 bits per heavy atom. The Bertz CT molecular complexity index is 275. The molecule has 100 valence electrons. The molecule has 5 nitrogen and oxygen atoms in total. The lowest BCUT2D eigenvalue weighted by Gasteiger charge is -2.27. The van der Waals surface area contributed by atoms with Crippen LogP contribution in [0.25, 0.3) is 0 Å². The van der Waals surface area contributed by atoms with Crippen molar-refractivity contribution in [2.45, 2.75) is 51.7 Å². The van der Waals surface area contributed by atoms with E-state index in [1.165, 1.54) is 0 Å². The number of aliphatic hydroxyl groups excluding tert-OH is 1. The van der Waals surface area contributed by atoms with Crippen LogP contribution in [0.15, 0.2) is 10.2 Å². The summed E-state index contributed by atoms with van der Waals surface area (Å²) in [6, 6.07) is 0. The van der Waals surface area contributed by atoms with Gasteiger partial charge >= 0.3 is 0 Å². The maximum atomic E-state index is 8.90. The Morgan fingerprint density at radius 1 is 1.24 bits per heavy atom. The highest BCUT2D eigenvalue weighted by molar-refractivity contribution is 7.80. The van der Waals surface area contributed by atoms with Gasteiger partial charge in [0, 0.05) is 13.7 Å². The first-order chi connectivity index (χ1) is 7.72. The van der Waals surface area contributed by atoms with Gasteiger partial charge < -0.3 is 15.7 Å². The average molecular weight is 260 g/mol. The molecule has 0 saturated heterocycles. The van der Waals surface area contributed by atoms with Gasteiger partial charge in [-0.1, -0.05) is 0 Å². The zero-order valence-corrected chi connectivity index (χ0v) is 12.2. The fourth-order valence-corrected chi connectivity index (χ4v) is 1.35. The summed E-state index contributed by atoms with van der Waals surface area (Å²) in [4.78, 5) is 0. The molecule has 1 unspecified atom stereocenters. The molecule has 0 aliphatic heterocycles. The fraction of sp³-hybridized carbons (Fsp3) is 0.909. The molecule has 0 aromatic rings. The summed E-state index contributed by atoms with van der Waals surface area (Å²) in [6.07, 6.45) is 1.32. The molecule has 3 N–H and O–H groups in total. The van der Waals surface area contributed by atoms with Crippen LogP contribution in [0.1, 0.15) is 40.5 Å². The van der Waals surface area contributed by atoms with Crippen molar-refractivity contribution in [3.8, 4) is 0 Å². The zero-order valence-electron chi connectivity index (χ0n) is 11.4. The number of hydrogen-bond donors (Lipinski definition) is 3. The van der Waals surface area contributed by atoms with Crippen LogP contribution in [0, 0.1) is 0 Å². The minimum atomic E-state index is -0.573. The van der Waals surface area contributed by atoms with Crippen LogP contribution in [0.3, 0.4) is 0 Å². The van der Waals surface area contributed by atoms with Gasteiger partial charge in [0.25, 0.3) is 0 Å². The van der Waals surface area contributed by atoms with Crippen LogP contribution in [-0.4, -0.2) is 35.1 Å². The minimum absolute atomic E-state index is 0.134. The molecule has 17 heavy (non-hydrogen) atoms. The van der Waals surface area contributed by atoms with Gasteiger partial charge in [-0.2, -0.15) is 10.2 Å². The van der Waals surface area contributed by atoms with Crippen LogP contribution in [0.4, 0.5) is 0 Å². The second-order valence-electron chi connectivity index (χ2n) is 5.18. The number of nitrogens with zero attached hydrogens (tertiary/aromatic N) is 2. The molecule has 0 amide bonds. The van der Waals surface area contributed by atoms with Crippen molar-refractivity contribution in [2.24, 2.45) is 10.2 Å². The van der Waals surface area contributed by atoms with Crippen molar-refractivity contribution in [3.05, 3.63) is 0 Å². The molecule has 0 aromatic heterocycles. The van der Waals surface area contributed by atoms with Crippen molar-refractivity contribution in [2.75, 3.05) is 13.7 Å². The summed E-state index contributed by atoms with van der Waals surface area (Å²) in [7, 11) is 1.75. The normalized spacial score (nSPS) is 15.6. The molecule has 0 heterocycles. The van der Waals surface area contributed by atoms with Crippen LogP contribution >= 0.6 is 12.2 Å². The molecule has 0 aromatic carbocycles. The average Bonchev–Trinajstić information content (AvgIpc) is 2.23. The quantitative estimate of drug-likeness (QED) is 0.521. The topological polar surface area (TPSA) is 69.0 Å². The third kappa shape index (κ3) is 8.04. The Labute approximate surface area is 109 Å².